The zero-order chi connectivity index (χ0) is 11.3. The minimum absolute atomic E-state index is 0.0876. The molecule has 1 heterocycles. The number of hydrogen-bond donors (Lipinski definition) is 1. The van der Waals surface area contributed by atoms with E-state index in [0.29, 0.717) is 18.4 Å². The zero-order valence-corrected chi connectivity index (χ0v) is 10.7. The minimum atomic E-state index is 0.0876. The predicted molar refractivity (Wildman–Crippen MR) is 64.0 cm³/mol. The Kier molecular flexibility index (Phi) is 5.28. The molecule has 1 unspecified atom stereocenters. The number of halogens is 1. The fourth-order valence-corrected chi connectivity index (χ4v) is 1.98. The lowest BCUT2D eigenvalue weighted by Gasteiger charge is -2.13. The second-order valence-electron chi connectivity index (χ2n) is 3.56. The summed E-state index contributed by atoms with van der Waals surface area (Å²) >= 11 is 7.14. The number of alkyl halides is 1. The maximum absolute atomic E-state index is 5.78. The van der Waals surface area contributed by atoms with Gasteiger partial charge in [-0.3, -0.25) is 0 Å². The summed E-state index contributed by atoms with van der Waals surface area (Å²) in [5.74, 6) is 1.71. The third-order valence-corrected chi connectivity index (χ3v) is 2.87. The van der Waals surface area contributed by atoms with Gasteiger partial charge < -0.3 is 10.1 Å². The summed E-state index contributed by atoms with van der Waals surface area (Å²) in [6.45, 7) is 4.71. The highest BCUT2D eigenvalue weighted by molar-refractivity contribution is 7.09. The quantitative estimate of drug-likeness (QED) is 0.786. The van der Waals surface area contributed by atoms with Crippen LogP contribution in [0.2, 0.25) is 0 Å². The molecule has 0 aromatic carbocycles. The first-order chi connectivity index (χ1) is 7.17. The van der Waals surface area contributed by atoms with Gasteiger partial charge in [-0.2, -0.15) is 4.37 Å². The van der Waals surface area contributed by atoms with Crippen molar-refractivity contribution in [1.29, 1.82) is 0 Å². The van der Waals surface area contributed by atoms with Crippen molar-refractivity contribution < 1.29 is 4.74 Å². The smallest absolute Gasteiger partial charge is 0.202 e. The normalized spacial score (nSPS) is 13.1. The van der Waals surface area contributed by atoms with Crippen molar-refractivity contribution in [2.75, 3.05) is 24.9 Å². The van der Waals surface area contributed by atoms with Crippen LogP contribution in [-0.2, 0) is 4.74 Å². The van der Waals surface area contributed by atoms with Crippen molar-refractivity contribution in [2.24, 2.45) is 0 Å². The number of ether oxygens (including phenoxy) is 1. The summed E-state index contributed by atoms with van der Waals surface area (Å²) in [7, 11) is 1.65. The Labute approximate surface area is 99.2 Å². The van der Waals surface area contributed by atoms with E-state index >= 15 is 0 Å². The SMILES string of the molecule is COCC(CCl)Nc1nc(C(C)C)ns1. The van der Waals surface area contributed by atoms with Gasteiger partial charge in [-0.25, -0.2) is 4.98 Å². The minimum Gasteiger partial charge on any atom is -0.383 e. The number of anilines is 1. The number of nitrogens with one attached hydrogen (secondary N) is 1. The molecular weight excluding hydrogens is 234 g/mol. The Morgan fingerprint density at radius 1 is 1.53 bits per heavy atom. The average molecular weight is 250 g/mol. The summed E-state index contributed by atoms with van der Waals surface area (Å²) in [4.78, 5) is 4.36. The van der Waals surface area contributed by atoms with Gasteiger partial charge >= 0.3 is 0 Å². The lowest BCUT2D eigenvalue weighted by Crippen LogP contribution is -2.26. The van der Waals surface area contributed by atoms with E-state index in [0.717, 1.165) is 11.0 Å². The Morgan fingerprint density at radius 3 is 2.73 bits per heavy atom. The zero-order valence-electron chi connectivity index (χ0n) is 9.16. The van der Waals surface area contributed by atoms with Crippen molar-refractivity contribution in [2.45, 2.75) is 25.8 Å². The largest absolute Gasteiger partial charge is 0.383 e. The highest BCUT2D eigenvalue weighted by atomic mass is 35.5. The first-order valence-corrected chi connectivity index (χ1v) is 6.13. The number of hydrogen-bond acceptors (Lipinski definition) is 5. The molecule has 86 valence electrons. The van der Waals surface area contributed by atoms with Crippen molar-refractivity contribution in [3.05, 3.63) is 5.82 Å². The van der Waals surface area contributed by atoms with Crippen LogP contribution >= 0.6 is 23.1 Å². The number of aromatic nitrogens is 2. The van der Waals surface area contributed by atoms with E-state index in [1.165, 1.54) is 11.5 Å². The monoisotopic (exact) mass is 249 g/mol. The third-order valence-electron chi connectivity index (χ3n) is 1.84. The first-order valence-electron chi connectivity index (χ1n) is 4.82. The van der Waals surface area contributed by atoms with E-state index in [4.69, 9.17) is 16.3 Å². The number of rotatable bonds is 6. The van der Waals surface area contributed by atoms with Crippen LogP contribution in [0.4, 0.5) is 5.13 Å². The molecule has 15 heavy (non-hydrogen) atoms. The second kappa shape index (κ2) is 6.25. The maximum atomic E-state index is 5.78. The fraction of sp³-hybridized carbons (Fsp3) is 0.778. The van der Waals surface area contributed by atoms with E-state index in [-0.39, 0.29) is 6.04 Å². The van der Waals surface area contributed by atoms with Gasteiger partial charge in [-0.1, -0.05) is 13.8 Å². The summed E-state index contributed by atoms with van der Waals surface area (Å²) in [6, 6.07) is 0.0876. The van der Waals surface area contributed by atoms with Gasteiger partial charge in [0.15, 0.2) is 0 Å². The summed E-state index contributed by atoms with van der Waals surface area (Å²) in [5, 5.41) is 4.00. The molecule has 4 nitrogen and oxygen atoms in total. The lowest BCUT2D eigenvalue weighted by atomic mass is 10.2. The fourth-order valence-electron chi connectivity index (χ4n) is 1.03. The van der Waals surface area contributed by atoms with E-state index in [2.05, 4.69) is 28.5 Å². The molecule has 1 aromatic heterocycles. The molecule has 0 saturated carbocycles. The van der Waals surface area contributed by atoms with Crippen LogP contribution in [0, 0.1) is 0 Å². The predicted octanol–water partition coefficient (Wildman–Crippen LogP) is 2.33. The first kappa shape index (κ1) is 12.7. The van der Waals surface area contributed by atoms with Crippen molar-refractivity contribution >= 4 is 28.3 Å². The average Bonchev–Trinajstić information content (AvgIpc) is 2.65. The van der Waals surface area contributed by atoms with E-state index in [1.54, 1.807) is 7.11 Å². The molecule has 0 saturated heterocycles. The molecule has 0 bridgehead atoms. The summed E-state index contributed by atoms with van der Waals surface area (Å²) < 4.78 is 9.28. The van der Waals surface area contributed by atoms with Crippen molar-refractivity contribution in [3.8, 4) is 0 Å². The molecule has 0 fully saturated rings. The maximum Gasteiger partial charge on any atom is 0.202 e. The van der Waals surface area contributed by atoms with Crippen LogP contribution in [0.3, 0.4) is 0 Å². The van der Waals surface area contributed by atoms with Crippen LogP contribution < -0.4 is 5.32 Å². The number of nitrogens with zero attached hydrogens (tertiary/aromatic N) is 2. The van der Waals surface area contributed by atoms with Crippen LogP contribution in [0.1, 0.15) is 25.6 Å². The molecule has 0 amide bonds. The van der Waals surface area contributed by atoms with Crippen LogP contribution in [0.5, 0.6) is 0 Å². The highest BCUT2D eigenvalue weighted by Crippen LogP contribution is 2.18. The Morgan fingerprint density at radius 2 is 2.27 bits per heavy atom. The van der Waals surface area contributed by atoms with Crippen molar-refractivity contribution in [3.63, 3.8) is 0 Å². The third kappa shape index (κ3) is 3.93. The molecule has 1 N–H and O–H groups in total. The molecular formula is C9H16ClN3OS. The molecule has 1 rings (SSSR count). The molecule has 0 aliphatic carbocycles. The van der Waals surface area contributed by atoms with Crippen LogP contribution in [-0.4, -0.2) is 35.0 Å². The molecule has 6 heteroatoms. The van der Waals surface area contributed by atoms with Gasteiger partial charge in [0, 0.05) is 30.4 Å². The van der Waals surface area contributed by atoms with Gasteiger partial charge in [0.25, 0.3) is 0 Å². The van der Waals surface area contributed by atoms with Gasteiger partial charge in [0.05, 0.1) is 12.6 Å². The molecule has 1 atom stereocenters. The van der Waals surface area contributed by atoms with Crippen molar-refractivity contribution in [1.82, 2.24) is 9.36 Å². The van der Waals surface area contributed by atoms with Gasteiger partial charge in [0.1, 0.15) is 5.82 Å². The highest BCUT2D eigenvalue weighted by Gasteiger charge is 2.11. The van der Waals surface area contributed by atoms with Gasteiger partial charge in [-0.05, 0) is 0 Å². The topological polar surface area (TPSA) is 47.0 Å². The number of methoxy groups -OCH3 is 1. The van der Waals surface area contributed by atoms with E-state index in [9.17, 15) is 0 Å². The molecule has 0 spiro atoms. The van der Waals surface area contributed by atoms with E-state index in [1.807, 2.05) is 0 Å². The van der Waals surface area contributed by atoms with Crippen LogP contribution in [0.25, 0.3) is 0 Å². The molecule has 0 aliphatic heterocycles. The van der Waals surface area contributed by atoms with Gasteiger partial charge in [-0.15, -0.1) is 11.6 Å². The second-order valence-corrected chi connectivity index (χ2v) is 4.62. The standard InChI is InChI=1S/C9H16ClN3OS/c1-6(2)8-12-9(15-13-8)11-7(4-10)5-14-3/h6-7H,4-5H2,1-3H3,(H,11,12,13). The van der Waals surface area contributed by atoms with Gasteiger partial charge in [0.2, 0.25) is 5.13 Å². The van der Waals surface area contributed by atoms with E-state index < -0.39 is 0 Å². The van der Waals surface area contributed by atoms with Crippen LogP contribution in [0.15, 0.2) is 0 Å². The molecule has 0 radical (unpaired) electrons. The molecule has 1 aromatic rings. The summed E-state index contributed by atoms with van der Waals surface area (Å²) in [6.07, 6.45) is 0. The Balaban J connectivity index is 2.55. The Hall–Kier alpha value is -0.390. The summed E-state index contributed by atoms with van der Waals surface area (Å²) in [5.41, 5.74) is 0. The lowest BCUT2D eigenvalue weighted by molar-refractivity contribution is 0.191. The Bertz CT molecular complexity index is 293. The molecule has 0 aliphatic rings.